The van der Waals surface area contributed by atoms with Crippen LogP contribution in [-0.2, 0) is 31.1 Å². The third-order valence-electron chi connectivity index (χ3n) is 11.8. The molecule has 5 aromatic rings. The number of allylic oxidation sites excluding steroid dienone is 2. The van der Waals surface area contributed by atoms with E-state index < -0.39 is 52.6 Å². The summed E-state index contributed by atoms with van der Waals surface area (Å²) in [5, 5.41) is 14.9. The molecule has 2 N–H and O–H groups in total. The molecule has 0 bridgehead atoms. The number of benzene rings is 5. The fraction of sp³-hybridized carbons (Fsp3) is 0.209. The minimum absolute atomic E-state index is 0.0609. The maximum atomic E-state index is 15.4. The lowest BCUT2D eigenvalue weighted by atomic mass is 9.48. The Bertz CT molecular complexity index is 2370. The molecule has 2 heterocycles. The van der Waals surface area contributed by atoms with Crippen molar-refractivity contribution in [3.63, 3.8) is 0 Å². The van der Waals surface area contributed by atoms with Crippen LogP contribution in [0.25, 0.3) is 10.8 Å². The largest absolute Gasteiger partial charge is 0.508 e. The molecule has 0 spiro atoms. The van der Waals surface area contributed by atoms with Gasteiger partial charge in [-0.05, 0) is 83.1 Å². The predicted octanol–water partition coefficient (Wildman–Crippen LogP) is 7.52. The average Bonchev–Trinajstić information content (AvgIpc) is 3.54. The number of anilines is 1. The van der Waals surface area contributed by atoms with E-state index in [1.807, 2.05) is 60.7 Å². The Hall–Kier alpha value is -5.80. The summed E-state index contributed by atoms with van der Waals surface area (Å²) in [6.45, 7) is 0.131. The number of hydrogen-bond acceptors (Lipinski definition) is 6. The number of phenols is 1. The van der Waals surface area contributed by atoms with Crippen LogP contribution >= 0.6 is 11.6 Å². The molecule has 10 heteroatoms. The molecule has 3 fully saturated rings. The molecule has 0 aromatic heterocycles. The van der Waals surface area contributed by atoms with E-state index in [-0.39, 0.29) is 37.0 Å². The molecule has 0 unspecified atom stereocenters. The van der Waals surface area contributed by atoms with E-state index in [0.29, 0.717) is 27.2 Å². The summed E-state index contributed by atoms with van der Waals surface area (Å²) in [6, 6.07) is 32.5. The smallest absolute Gasteiger partial charge is 0.260 e. The molecule has 8 nitrogen and oxygen atoms in total. The van der Waals surface area contributed by atoms with Gasteiger partial charge in [-0.1, -0.05) is 96.0 Å². The van der Waals surface area contributed by atoms with Crippen LogP contribution in [0.1, 0.15) is 35.4 Å². The quantitative estimate of drug-likeness (QED) is 0.139. The number of halogens is 2. The molecule has 6 atom stereocenters. The third-order valence-corrected chi connectivity index (χ3v) is 12.0. The zero-order valence-electron chi connectivity index (χ0n) is 28.3. The number of carbonyl (C=O) groups is 4. The summed E-state index contributed by atoms with van der Waals surface area (Å²) in [4.78, 5) is 60.2. The lowest BCUT2D eigenvalue weighted by Crippen LogP contribution is -2.53. The average molecular weight is 726 g/mol. The molecule has 2 saturated heterocycles. The number of nitrogens with zero attached hydrogens (tertiary/aromatic N) is 2. The standard InChI is InChI=1S/C43H33ClFN3O5/c44-27-13-11-26(12-14-27)43-34(40(51)48(42(43)53)46-29-17-15-28(45)16-18-29)22-33-31(38(43)37-30-9-5-4-8-25(30)10-21-35(37)49)19-20-32-36(33)41(52)47(39(32)50)23-24-6-2-1-3-7-24/h1-19,21,32-34,36,38,46,49H,20,22-23H2/t32-,33+,34-,36-,38+,43+/m0/s1. The third kappa shape index (κ3) is 4.94. The SMILES string of the molecule is O=C1[C@H]2[C@H](CC=C3[C@H]2C[C@H]2C(=O)N(Nc4ccc(F)cc4)C(=O)[C@@]2(c2ccc(Cl)cc2)[C@H]3c2c(O)ccc3ccccc23)C(=O)N1Cc1ccccc1. The van der Waals surface area contributed by atoms with Crippen molar-refractivity contribution in [1.82, 2.24) is 9.91 Å². The van der Waals surface area contributed by atoms with E-state index >= 15 is 4.79 Å². The van der Waals surface area contributed by atoms with Crippen molar-refractivity contribution in [2.75, 3.05) is 5.43 Å². The van der Waals surface area contributed by atoms with E-state index in [9.17, 15) is 23.9 Å². The maximum absolute atomic E-state index is 15.4. The van der Waals surface area contributed by atoms with Crippen molar-refractivity contribution in [1.29, 1.82) is 0 Å². The second kappa shape index (κ2) is 12.4. The number of imide groups is 2. The molecule has 5 aromatic carbocycles. The lowest BCUT2D eigenvalue weighted by Gasteiger charge is -2.51. The lowest BCUT2D eigenvalue weighted by molar-refractivity contribution is -0.142. The van der Waals surface area contributed by atoms with E-state index in [1.54, 1.807) is 36.4 Å². The van der Waals surface area contributed by atoms with Crippen LogP contribution in [0, 0.1) is 29.5 Å². The topological polar surface area (TPSA) is 107 Å². The number of rotatable bonds is 6. The van der Waals surface area contributed by atoms with Crippen LogP contribution in [0.4, 0.5) is 10.1 Å². The molecule has 2 aliphatic carbocycles. The number of nitrogens with one attached hydrogen (secondary N) is 1. The van der Waals surface area contributed by atoms with E-state index in [4.69, 9.17) is 11.6 Å². The molecular weight excluding hydrogens is 693 g/mol. The summed E-state index contributed by atoms with van der Waals surface area (Å²) in [6.07, 6.45) is 2.33. The first kappa shape index (κ1) is 33.1. The van der Waals surface area contributed by atoms with Crippen molar-refractivity contribution in [2.24, 2.45) is 23.7 Å². The van der Waals surface area contributed by atoms with Crippen molar-refractivity contribution in [3.05, 3.63) is 154 Å². The molecule has 2 aliphatic heterocycles. The number of phenolic OH excluding ortho intramolecular Hbond substituents is 1. The van der Waals surface area contributed by atoms with Crippen LogP contribution in [0.2, 0.25) is 5.02 Å². The molecule has 53 heavy (non-hydrogen) atoms. The van der Waals surface area contributed by atoms with Gasteiger partial charge in [-0.25, -0.2) is 4.39 Å². The maximum Gasteiger partial charge on any atom is 0.260 e. The second-order valence-electron chi connectivity index (χ2n) is 14.3. The van der Waals surface area contributed by atoms with Gasteiger partial charge in [0.25, 0.3) is 11.8 Å². The zero-order chi connectivity index (χ0) is 36.6. The molecule has 0 radical (unpaired) electrons. The van der Waals surface area contributed by atoms with E-state index in [2.05, 4.69) is 5.43 Å². The number of likely N-dealkylation sites (tertiary alicyclic amines) is 1. The van der Waals surface area contributed by atoms with Gasteiger partial charge in [-0.3, -0.25) is 29.5 Å². The van der Waals surface area contributed by atoms with Crippen molar-refractivity contribution >= 4 is 51.7 Å². The van der Waals surface area contributed by atoms with Gasteiger partial charge in [0.15, 0.2) is 0 Å². The summed E-state index contributed by atoms with van der Waals surface area (Å²) in [5.74, 6) is -6.14. The Labute approximate surface area is 309 Å². The van der Waals surface area contributed by atoms with Gasteiger partial charge in [0, 0.05) is 16.5 Å². The molecule has 1 saturated carbocycles. The summed E-state index contributed by atoms with van der Waals surface area (Å²) in [5.41, 5.74) is 4.21. The van der Waals surface area contributed by atoms with Crippen molar-refractivity contribution in [3.8, 4) is 5.75 Å². The van der Waals surface area contributed by atoms with E-state index in [1.165, 1.54) is 29.2 Å². The molecule has 4 amide bonds. The number of carbonyl (C=O) groups excluding carboxylic acids is 4. The summed E-state index contributed by atoms with van der Waals surface area (Å²) in [7, 11) is 0. The Morgan fingerprint density at radius 1 is 0.792 bits per heavy atom. The molecule has 4 aliphatic rings. The minimum Gasteiger partial charge on any atom is -0.508 e. The van der Waals surface area contributed by atoms with Gasteiger partial charge in [0.05, 0.1) is 35.4 Å². The molecular formula is C43H33ClFN3O5. The number of fused-ring (bicyclic) bond motifs is 5. The fourth-order valence-corrected chi connectivity index (χ4v) is 9.67. The fourth-order valence-electron chi connectivity index (χ4n) is 9.54. The van der Waals surface area contributed by atoms with Crippen LogP contribution in [0.5, 0.6) is 5.75 Å². The number of hydrogen-bond donors (Lipinski definition) is 2. The van der Waals surface area contributed by atoms with Gasteiger partial charge >= 0.3 is 0 Å². The van der Waals surface area contributed by atoms with Gasteiger partial charge in [-0.2, -0.15) is 5.01 Å². The predicted molar refractivity (Wildman–Crippen MR) is 197 cm³/mol. The van der Waals surface area contributed by atoms with Crippen LogP contribution < -0.4 is 5.43 Å². The highest BCUT2D eigenvalue weighted by atomic mass is 35.5. The number of hydrazine groups is 1. The van der Waals surface area contributed by atoms with Gasteiger partial charge in [-0.15, -0.1) is 0 Å². The van der Waals surface area contributed by atoms with Crippen LogP contribution in [-0.4, -0.2) is 38.6 Å². The Kier molecular flexibility index (Phi) is 7.74. The second-order valence-corrected chi connectivity index (χ2v) is 14.8. The minimum atomic E-state index is -1.61. The zero-order valence-corrected chi connectivity index (χ0v) is 29.0. The van der Waals surface area contributed by atoms with Crippen LogP contribution in [0.15, 0.2) is 127 Å². The summed E-state index contributed by atoms with van der Waals surface area (Å²) >= 11 is 6.40. The van der Waals surface area contributed by atoms with Gasteiger partial charge < -0.3 is 5.11 Å². The van der Waals surface area contributed by atoms with Crippen LogP contribution in [0.3, 0.4) is 0 Å². The van der Waals surface area contributed by atoms with E-state index in [0.717, 1.165) is 21.5 Å². The first-order valence-corrected chi connectivity index (χ1v) is 18.0. The van der Waals surface area contributed by atoms with Crippen molar-refractivity contribution in [2.45, 2.75) is 30.7 Å². The molecule has 264 valence electrons. The molecule has 9 rings (SSSR count). The number of amides is 4. The van der Waals surface area contributed by atoms with Gasteiger partial charge in [0.2, 0.25) is 11.8 Å². The van der Waals surface area contributed by atoms with Crippen molar-refractivity contribution < 1.29 is 28.7 Å². The Morgan fingerprint density at radius 2 is 1.51 bits per heavy atom. The first-order chi connectivity index (χ1) is 25.7. The first-order valence-electron chi connectivity index (χ1n) is 17.6. The normalized spacial score (nSPS) is 26.4. The highest BCUT2D eigenvalue weighted by molar-refractivity contribution is 6.30. The Balaban J connectivity index is 1.27. The monoisotopic (exact) mass is 725 g/mol. The highest BCUT2D eigenvalue weighted by Gasteiger charge is 2.70. The van der Waals surface area contributed by atoms with Gasteiger partial charge in [0.1, 0.15) is 11.6 Å². The Morgan fingerprint density at radius 3 is 2.26 bits per heavy atom. The number of aromatic hydroxyl groups is 1. The summed E-state index contributed by atoms with van der Waals surface area (Å²) < 4.78 is 13.9. The highest BCUT2D eigenvalue weighted by Crippen LogP contribution is 2.65.